The number of aliphatic hydroxyl groups is 1. The van der Waals surface area contributed by atoms with Gasteiger partial charge in [0.2, 0.25) is 0 Å². The van der Waals surface area contributed by atoms with Gasteiger partial charge in [-0.2, -0.15) is 0 Å². The summed E-state index contributed by atoms with van der Waals surface area (Å²) in [4.78, 5) is 0. The van der Waals surface area contributed by atoms with E-state index in [1.54, 1.807) is 0 Å². The van der Waals surface area contributed by atoms with Crippen LogP contribution in [0.25, 0.3) is 0 Å². The molecule has 0 spiro atoms. The van der Waals surface area contributed by atoms with Crippen LogP contribution in [0.3, 0.4) is 0 Å². The first-order chi connectivity index (χ1) is 6.60. The minimum atomic E-state index is -0.221. The highest BCUT2D eigenvalue weighted by molar-refractivity contribution is 6.30. The summed E-state index contributed by atoms with van der Waals surface area (Å²) in [6, 6.07) is 7.73. The van der Waals surface area contributed by atoms with Gasteiger partial charge in [-0.1, -0.05) is 30.7 Å². The molecule has 14 heavy (non-hydrogen) atoms. The van der Waals surface area contributed by atoms with Crippen LogP contribution in [0.5, 0.6) is 0 Å². The van der Waals surface area contributed by atoms with Gasteiger partial charge >= 0.3 is 0 Å². The molecule has 1 aliphatic rings. The van der Waals surface area contributed by atoms with Crippen LogP contribution >= 0.6 is 11.6 Å². The van der Waals surface area contributed by atoms with Gasteiger partial charge in [0, 0.05) is 5.02 Å². The van der Waals surface area contributed by atoms with Gasteiger partial charge in [-0.25, -0.2) is 0 Å². The summed E-state index contributed by atoms with van der Waals surface area (Å²) in [5.74, 6) is 0. The van der Waals surface area contributed by atoms with E-state index in [-0.39, 0.29) is 11.5 Å². The van der Waals surface area contributed by atoms with Gasteiger partial charge in [0.1, 0.15) is 0 Å². The zero-order valence-electron chi connectivity index (χ0n) is 8.33. The molecule has 0 aliphatic heterocycles. The highest BCUT2D eigenvalue weighted by Crippen LogP contribution is 2.48. The second-order valence-electron chi connectivity index (χ2n) is 4.50. The van der Waals surface area contributed by atoms with Gasteiger partial charge in [0.25, 0.3) is 0 Å². The molecule has 1 atom stereocenters. The Morgan fingerprint density at radius 1 is 1.50 bits per heavy atom. The van der Waals surface area contributed by atoms with Crippen molar-refractivity contribution in [2.45, 2.75) is 32.3 Å². The van der Waals surface area contributed by atoms with Gasteiger partial charge in [-0.15, -0.1) is 0 Å². The van der Waals surface area contributed by atoms with Crippen molar-refractivity contribution in [2.24, 2.45) is 5.41 Å². The van der Waals surface area contributed by atoms with Crippen LogP contribution in [-0.2, 0) is 6.42 Å². The topological polar surface area (TPSA) is 20.2 Å². The van der Waals surface area contributed by atoms with Crippen molar-refractivity contribution in [1.29, 1.82) is 0 Å². The van der Waals surface area contributed by atoms with Crippen LogP contribution in [0.4, 0.5) is 0 Å². The van der Waals surface area contributed by atoms with Crippen LogP contribution in [0, 0.1) is 5.41 Å². The predicted molar refractivity (Wildman–Crippen MR) is 58.5 cm³/mol. The number of halogens is 1. The van der Waals surface area contributed by atoms with Gasteiger partial charge in [-0.3, -0.25) is 0 Å². The van der Waals surface area contributed by atoms with E-state index in [2.05, 4.69) is 6.92 Å². The van der Waals surface area contributed by atoms with E-state index >= 15 is 0 Å². The molecule has 0 heterocycles. The Bertz CT molecular complexity index is 331. The number of aliphatic hydroxyl groups excluding tert-OH is 1. The van der Waals surface area contributed by atoms with E-state index in [0.717, 1.165) is 29.8 Å². The third kappa shape index (κ3) is 2.10. The molecule has 1 aliphatic carbocycles. The lowest BCUT2D eigenvalue weighted by atomic mass is 9.95. The molecule has 1 aromatic carbocycles. The second kappa shape index (κ2) is 3.56. The van der Waals surface area contributed by atoms with Crippen LogP contribution in [0.1, 0.15) is 25.3 Å². The van der Waals surface area contributed by atoms with Gasteiger partial charge in [-0.05, 0) is 42.4 Å². The second-order valence-corrected chi connectivity index (χ2v) is 4.94. The molecule has 1 saturated carbocycles. The lowest BCUT2D eigenvalue weighted by Crippen LogP contribution is -2.21. The Labute approximate surface area is 89.7 Å². The van der Waals surface area contributed by atoms with Crippen molar-refractivity contribution in [2.75, 3.05) is 0 Å². The largest absolute Gasteiger partial charge is 0.392 e. The van der Waals surface area contributed by atoms with E-state index in [0.29, 0.717) is 0 Å². The summed E-state index contributed by atoms with van der Waals surface area (Å²) < 4.78 is 0. The molecule has 2 rings (SSSR count). The molecule has 2 heteroatoms. The maximum atomic E-state index is 9.95. The maximum Gasteiger partial charge on any atom is 0.0634 e. The fourth-order valence-electron chi connectivity index (χ4n) is 1.66. The molecule has 0 radical (unpaired) electrons. The van der Waals surface area contributed by atoms with E-state index in [1.165, 1.54) is 0 Å². The van der Waals surface area contributed by atoms with Crippen molar-refractivity contribution in [3.05, 3.63) is 34.9 Å². The lowest BCUT2D eigenvalue weighted by molar-refractivity contribution is 0.103. The summed E-state index contributed by atoms with van der Waals surface area (Å²) in [5, 5.41) is 10.7. The predicted octanol–water partition coefficient (Wildman–Crippen LogP) is 3.04. The van der Waals surface area contributed by atoms with Gasteiger partial charge in [0.05, 0.1) is 6.10 Å². The fraction of sp³-hybridized carbons (Fsp3) is 0.500. The summed E-state index contributed by atoms with van der Waals surface area (Å²) in [6.45, 7) is 2.14. The Morgan fingerprint density at radius 2 is 2.21 bits per heavy atom. The Hall–Kier alpha value is -0.530. The lowest BCUT2D eigenvalue weighted by Gasteiger charge is -2.17. The summed E-state index contributed by atoms with van der Waals surface area (Å²) in [5.41, 5.74) is 1.29. The minimum Gasteiger partial charge on any atom is -0.392 e. The van der Waals surface area contributed by atoms with Crippen LogP contribution < -0.4 is 0 Å². The van der Waals surface area contributed by atoms with Gasteiger partial charge in [0.15, 0.2) is 0 Å². The third-order valence-corrected chi connectivity index (χ3v) is 3.40. The number of hydrogen-bond donors (Lipinski definition) is 1. The number of rotatable bonds is 3. The molecule has 0 amide bonds. The molecule has 0 saturated heterocycles. The van der Waals surface area contributed by atoms with Crippen molar-refractivity contribution in [3.63, 3.8) is 0 Å². The third-order valence-electron chi connectivity index (χ3n) is 3.16. The highest BCUT2D eigenvalue weighted by Gasteiger charge is 2.43. The number of benzene rings is 1. The van der Waals surface area contributed by atoms with Crippen LogP contribution in [0.15, 0.2) is 24.3 Å². The first-order valence-electron chi connectivity index (χ1n) is 5.03. The van der Waals surface area contributed by atoms with Crippen molar-refractivity contribution < 1.29 is 5.11 Å². The van der Waals surface area contributed by atoms with Crippen molar-refractivity contribution in [1.82, 2.24) is 0 Å². The smallest absolute Gasteiger partial charge is 0.0634 e. The summed E-state index contributed by atoms with van der Waals surface area (Å²) in [7, 11) is 0. The summed E-state index contributed by atoms with van der Waals surface area (Å²) >= 11 is 5.88. The quantitative estimate of drug-likeness (QED) is 0.813. The van der Waals surface area contributed by atoms with E-state index in [9.17, 15) is 5.11 Å². The van der Waals surface area contributed by atoms with Crippen LogP contribution in [-0.4, -0.2) is 11.2 Å². The van der Waals surface area contributed by atoms with E-state index in [4.69, 9.17) is 11.6 Å². The monoisotopic (exact) mass is 210 g/mol. The average molecular weight is 211 g/mol. The van der Waals surface area contributed by atoms with E-state index in [1.807, 2.05) is 24.3 Å². The Kier molecular flexibility index (Phi) is 2.54. The zero-order valence-corrected chi connectivity index (χ0v) is 9.09. The highest BCUT2D eigenvalue weighted by atomic mass is 35.5. The van der Waals surface area contributed by atoms with Crippen molar-refractivity contribution in [3.8, 4) is 0 Å². The first-order valence-corrected chi connectivity index (χ1v) is 5.40. The molecular formula is C12H15ClO. The molecule has 1 N–H and O–H groups in total. The zero-order chi connectivity index (χ0) is 10.2. The molecule has 1 aromatic rings. The minimum absolute atomic E-state index is 0.169. The molecular weight excluding hydrogens is 196 g/mol. The SMILES string of the molecule is CC1(C(O)Cc2cccc(Cl)c2)CC1. The molecule has 0 aromatic heterocycles. The molecule has 1 nitrogen and oxygen atoms in total. The first kappa shape index (κ1) is 10.0. The molecule has 0 bridgehead atoms. The van der Waals surface area contributed by atoms with Gasteiger partial charge < -0.3 is 5.11 Å². The van der Waals surface area contributed by atoms with Crippen molar-refractivity contribution >= 4 is 11.6 Å². The Morgan fingerprint density at radius 3 is 2.79 bits per heavy atom. The standard InChI is InChI=1S/C12H15ClO/c1-12(5-6-12)11(14)8-9-3-2-4-10(13)7-9/h2-4,7,11,14H,5-6,8H2,1H3. The maximum absolute atomic E-state index is 9.95. The Balaban J connectivity index is 2.03. The summed E-state index contributed by atoms with van der Waals surface area (Å²) in [6.07, 6.45) is 2.79. The molecule has 1 unspecified atom stereocenters. The number of hydrogen-bond acceptors (Lipinski definition) is 1. The fourth-order valence-corrected chi connectivity index (χ4v) is 1.88. The molecule has 1 fully saturated rings. The normalized spacial score (nSPS) is 20.5. The van der Waals surface area contributed by atoms with Crippen LogP contribution in [0.2, 0.25) is 5.02 Å². The average Bonchev–Trinajstić information content (AvgIpc) is 2.85. The van der Waals surface area contributed by atoms with E-state index < -0.39 is 0 Å². The molecule has 76 valence electrons.